The summed E-state index contributed by atoms with van der Waals surface area (Å²) in [6, 6.07) is 14.1. The lowest BCUT2D eigenvalue weighted by Crippen LogP contribution is -2.39. The van der Waals surface area contributed by atoms with Gasteiger partial charge in [-0.3, -0.25) is 4.79 Å². The molecule has 26 heavy (non-hydrogen) atoms. The van der Waals surface area contributed by atoms with E-state index in [4.69, 9.17) is 0 Å². The van der Waals surface area contributed by atoms with Crippen LogP contribution in [0.5, 0.6) is 0 Å². The van der Waals surface area contributed by atoms with Crippen molar-refractivity contribution >= 4 is 16.9 Å². The summed E-state index contributed by atoms with van der Waals surface area (Å²) in [5.41, 5.74) is 2.63. The van der Waals surface area contributed by atoms with Crippen LogP contribution in [0, 0.1) is 18.7 Å². The van der Waals surface area contributed by atoms with E-state index in [0.29, 0.717) is 24.6 Å². The molecule has 0 aliphatic carbocycles. The second-order valence-corrected chi connectivity index (χ2v) is 7.00. The normalized spacial score (nSPS) is 15.5. The first-order valence-corrected chi connectivity index (χ1v) is 9.08. The monoisotopic (exact) mass is 351 g/mol. The van der Waals surface area contributed by atoms with Gasteiger partial charge < -0.3 is 9.47 Å². The fourth-order valence-corrected chi connectivity index (χ4v) is 3.81. The number of carbonyl (C=O) groups excluding carboxylic acids is 1. The average molecular weight is 351 g/mol. The lowest BCUT2D eigenvalue weighted by atomic mass is 9.96. The number of hydrogen-bond acceptors (Lipinski definition) is 2. The Kier molecular flexibility index (Phi) is 4.45. The zero-order chi connectivity index (χ0) is 18.1. The zero-order valence-electron chi connectivity index (χ0n) is 14.9. The topological polar surface area (TPSA) is 38.1 Å². The molecule has 0 spiro atoms. The largest absolute Gasteiger partial charge is 0.339 e. The Bertz CT molecular complexity index is 941. The first kappa shape index (κ1) is 16.8. The Labute approximate surface area is 152 Å². The predicted molar refractivity (Wildman–Crippen MR) is 99.5 cm³/mol. The summed E-state index contributed by atoms with van der Waals surface area (Å²) in [7, 11) is 0. The maximum atomic E-state index is 13.4. The molecule has 0 bridgehead atoms. The van der Waals surface area contributed by atoms with Crippen LogP contribution in [-0.2, 0) is 6.54 Å². The van der Waals surface area contributed by atoms with Crippen molar-refractivity contribution in [3.8, 4) is 0 Å². The number of carbonyl (C=O) groups is 1. The highest BCUT2D eigenvalue weighted by Crippen LogP contribution is 2.24. The number of rotatable bonds is 3. The van der Waals surface area contributed by atoms with E-state index in [1.807, 2.05) is 30.0 Å². The molecule has 134 valence electrons. The molecule has 0 N–H and O–H groups in total. The third-order valence-corrected chi connectivity index (χ3v) is 5.26. The van der Waals surface area contributed by atoms with Crippen LogP contribution < -0.4 is 0 Å². The van der Waals surface area contributed by atoms with Crippen LogP contribution in [0.2, 0.25) is 0 Å². The molecule has 1 amide bonds. The number of aromatic nitrogens is 2. The number of aryl methyl sites for hydroxylation is 1. The third kappa shape index (κ3) is 3.21. The number of piperidine rings is 1. The molecule has 0 radical (unpaired) electrons. The van der Waals surface area contributed by atoms with E-state index >= 15 is 0 Å². The highest BCUT2D eigenvalue weighted by molar-refractivity contribution is 5.94. The van der Waals surface area contributed by atoms with Gasteiger partial charge >= 0.3 is 0 Å². The van der Waals surface area contributed by atoms with Crippen LogP contribution in [0.1, 0.15) is 29.0 Å². The van der Waals surface area contributed by atoms with Gasteiger partial charge in [-0.2, -0.15) is 0 Å². The molecule has 1 aromatic heterocycles. The Balaban J connectivity index is 1.42. The minimum absolute atomic E-state index is 0.0767. The first-order chi connectivity index (χ1) is 12.6. The first-order valence-electron chi connectivity index (χ1n) is 9.08. The lowest BCUT2D eigenvalue weighted by molar-refractivity contribution is 0.0682. The maximum absolute atomic E-state index is 13.4. The molecular weight excluding hydrogens is 329 g/mol. The molecule has 4 rings (SSSR count). The molecule has 3 aromatic rings. The van der Waals surface area contributed by atoms with E-state index in [9.17, 15) is 9.18 Å². The molecule has 2 aromatic carbocycles. The lowest BCUT2D eigenvalue weighted by Gasteiger charge is -2.32. The smallest absolute Gasteiger partial charge is 0.253 e. The fraction of sp³-hybridized carbons (Fsp3) is 0.333. The summed E-state index contributed by atoms with van der Waals surface area (Å²) in [5.74, 6) is 1.10. The Morgan fingerprint density at radius 2 is 1.92 bits per heavy atom. The van der Waals surface area contributed by atoms with Crippen molar-refractivity contribution in [2.24, 2.45) is 5.92 Å². The van der Waals surface area contributed by atoms with Gasteiger partial charge in [-0.15, -0.1) is 0 Å². The molecule has 4 nitrogen and oxygen atoms in total. The van der Waals surface area contributed by atoms with Crippen molar-refractivity contribution in [3.05, 3.63) is 65.7 Å². The van der Waals surface area contributed by atoms with Gasteiger partial charge in [-0.05, 0) is 56.0 Å². The van der Waals surface area contributed by atoms with Crippen molar-refractivity contribution in [1.82, 2.24) is 14.5 Å². The van der Waals surface area contributed by atoms with Gasteiger partial charge in [-0.25, -0.2) is 9.37 Å². The number of likely N-dealkylation sites (tertiary alicyclic amines) is 1. The molecule has 1 saturated heterocycles. The number of hydrogen-bond donors (Lipinski definition) is 0. The van der Waals surface area contributed by atoms with Crippen molar-refractivity contribution < 1.29 is 9.18 Å². The van der Waals surface area contributed by atoms with E-state index in [1.54, 1.807) is 12.1 Å². The van der Waals surface area contributed by atoms with Crippen LogP contribution in [0.15, 0.2) is 48.5 Å². The number of benzene rings is 2. The Morgan fingerprint density at radius 3 is 2.69 bits per heavy atom. The summed E-state index contributed by atoms with van der Waals surface area (Å²) in [5, 5.41) is 0. The van der Waals surface area contributed by atoms with E-state index in [2.05, 4.69) is 15.6 Å². The summed E-state index contributed by atoms with van der Waals surface area (Å²) < 4.78 is 15.6. The van der Waals surface area contributed by atoms with E-state index in [0.717, 1.165) is 30.7 Å². The van der Waals surface area contributed by atoms with E-state index in [-0.39, 0.29) is 11.7 Å². The van der Waals surface area contributed by atoms with Crippen LogP contribution in [0.4, 0.5) is 4.39 Å². The van der Waals surface area contributed by atoms with Crippen molar-refractivity contribution in [2.75, 3.05) is 13.1 Å². The van der Waals surface area contributed by atoms with Gasteiger partial charge in [-0.1, -0.05) is 18.2 Å². The van der Waals surface area contributed by atoms with Crippen LogP contribution in [0.3, 0.4) is 0 Å². The number of amides is 1. The summed E-state index contributed by atoms with van der Waals surface area (Å²) in [4.78, 5) is 19.0. The average Bonchev–Trinajstić information content (AvgIpc) is 2.97. The molecule has 0 atom stereocenters. The molecule has 1 aliphatic rings. The highest BCUT2D eigenvalue weighted by Gasteiger charge is 2.24. The molecule has 1 fully saturated rings. The summed E-state index contributed by atoms with van der Waals surface area (Å²) in [6.45, 7) is 4.40. The van der Waals surface area contributed by atoms with Gasteiger partial charge in [0.05, 0.1) is 11.0 Å². The standard InChI is InChI=1S/C21H22FN3O/c1-15-23-19-7-2-3-8-20(19)25(15)14-16-9-11-24(12-10-16)21(26)17-5-4-6-18(22)13-17/h2-8,13,16H,9-12,14H2,1H3. The minimum Gasteiger partial charge on any atom is -0.339 e. The Morgan fingerprint density at radius 1 is 1.15 bits per heavy atom. The van der Waals surface area contributed by atoms with Gasteiger partial charge in [0.15, 0.2) is 0 Å². The van der Waals surface area contributed by atoms with Crippen molar-refractivity contribution in [2.45, 2.75) is 26.3 Å². The number of para-hydroxylation sites is 2. The van der Waals surface area contributed by atoms with Gasteiger partial charge in [0.2, 0.25) is 0 Å². The number of imidazole rings is 1. The molecule has 2 heterocycles. The van der Waals surface area contributed by atoms with Crippen molar-refractivity contribution in [1.29, 1.82) is 0 Å². The highest BCUT2D eigenvalue weighted by atomic mass is 19.1. The predicted octanol–water partition coefficient (Wildman–Crippen LogP) is 4.04. The quantitative estimate of drug-likeness (QED) is 0.714. The molecule has 0 unspecified atom stereocenters. The van der Waals surface area contributed by atoms with E-state index < -0.39 is 0 Å². The van der Waals surface area contributed by atoms with Crippen molar-refractivity contribution in [3.63, 3.8) is 0 Å². The second-order valence-electron chi connectivity index (χ2n) is 7.00. The van der Waals surface area contributed by atoms with Crippen LogP contribution in [0.25, 0.3) is 11.0 Å². The van der Waals surface area contributed by atoms with Gasteiger partial charge in [0.1, 0.15) is 11.6 Å². The van der Waals surface area contributed by atoms with Crippen LogP contribution in [-0.4, -0.2) is 33.4 Å². The molecular formula is C21H22FN3O. The molecule has 0 saturated carbocycles. The SMILES string of the molecule is Cc1nc2ccccc2n1CC1CCN(C(=O)c2cccc(F)c2)CC1. The number of nitrogens with zero attached hydrogens (tertiary/aromatic N) is 3. The Hall–Kier alpha value is -2.69. The summed E-state index contributed by atoms with van der Waals surface area (Å²) in [6.07, 6.45) is 1.90. The molecule has 5 heteroatoms. The van der Waals surface area contributed by atoms with Gasteiger partial charge in [0, 0.05) is 25.2 Å². The maximum Gasteiger partial charge on any atom is 0.253 e. The van der Waals surface area contributed by atoms with Crippen LogP contribution >= 0.6 is 0 Å². The zero-order valence-corrected chi connectivity index (χ0v) is 14.9. The van der Waals surface area contributed by atoms with Gasteiger partial charge in [0.25, 0.3) is 5.91 Å². The second kappa shape index (κ2) is 6.90. The van der Waals surface area contributed by atoms with E-state index in [1.165, 1.54) is 17.6 Å². The minimum atomic E-state index is -0.367. The number of halogens is 1. The number of fused-ring (bicyclic) bond motifs is 1. The molecule has 1 aliphatic heterocycles. The fourth-order valence-electron chi connectivity index (χ4n) is 3.81. The third-order valence-electron chi connectivity index (χ3n) is 5.26. The summed E-state index contributed by atoms with van der Waals surface area (Å²) >= 11 is 0.